The zero-order valence-corrected chi connectivity index (χ0v) is 13.3. The average Bonchev–Trinajstić information content (AvgIpc) is 2.47. The first-order valence-corrected chi connectivity index (χ1v) is 8.56. The molecule has 1 aliphatic carbocycles. The number of halogens is 1. The standard InChI is InChI=1S/C16H22FNO2S/c1-10(12-5-8-15(21-2)14(17)9-12)18-13-6-3-11(4-7-13)16(19)20/h5,8-11,13,18H,3-4,6-7H2,1-2H3,(H,19,20). The number of benzene rings is 1. The third-order valence-electron chi connectivity index (χ3n) is 4.24. The quantitative estimate of drug-likeness (QED) is 0.811. The van der Waals surface area contributed by atoms with Crippen molar-refractivity contribution in [3.63, 3.8) is 0 Å². The highest BCUT2D eigenvalue weighted by Crippen LogP contribution is 2.27. The summed E-state index contributed by atoms with van der Waals surface area (Å²) in [6, 6.07) is 5.75. The molecule has 5 heteroatoms. The van der Waals surface area contributed by atoms with Crippen molar-refractivity contribution in [1.82, 2.24) is 5.32 Å². The Morgan fingerprint density at radius 1 is 1.38 bits per heavy atom. The van der Waals surface area contributed by atoms with E-state index in [2.05, 4.69) is 5.32 Å². The fourth-order valence-corrected chi connectivity index (χ4v) is 3.37. The zero-order chi connectivity index (χ0) is 15.4. The van der Waals surface area contributed by atoms with Crippen molar-refractivity contribution in [2.75, 3.05) is 6.26 Å². The van der Waals surface area contributed by atoms with Crippen molar-refractivity contribution in [2.45, 2.75) is 49.6 Å². The van der Waals surface area contributed by atoms with Crippen molar-refractivity contribution < 1.29 is 14.3 Å². The molecule has 1 atom stereocenters. The summed E-state index contributed by atoms with van der Waals surface area (Å²) >= 11 is 1.40. The van der Waals surface area contributed by atoms with Crippen molar-refractivity contribution in [3.05, 3.63) is 29.6 Å². The number of hydrogen-bond acceptors (Lipinski definition) is 3. The van der Waals surface area contributed by atoms with Crippen LogP contribution in [0.25, 0.3) is 0 Å². The lowest BCUT2D eigenvalue weighted by Crippen LogP contribution is -2.36. The van der Waals surface area contributed by atoms with Gasteiger partial charge in [-0.1, -0.05) is 6.07 Å². The van der Waals surface area contributed by atoms with Gasteiger partial charge in [0.1, 0.15) is 5.82 Å². The van der Waals surface area contributed by atoms with Gasteiger partial charge in [0.15, 0.2) is 0 Å². The van der Waals surface area contributed by atoms with Gasteiger partial charge in [-0.3, -0.25) is 4.79 Å². The van der Waals surface area contributed by atoms with Crippen LogP contribution in [0.1, 0.15) is 44.2 Å². The van der Waals surface area contributed by atoms with Gasteiger partial charge in [-0.25, -0.2) is 4.39 Å². The number of carbonyl (C=O) groups is 1. The lowest BCUT2D eigenvalue weighted by Gasteiger charge is -2.29. The van der Waals surface area contributed by atoms with Gasteiger partial charge < -0.3 is 10.4 Å². The van der Waals surface area contributed by atoms with Gasteiger partial charge in [0, 0.05) is 17.0 Å². The van der Waals surface area contributed by atoms with Crippen LogP contribution in [-0.4, -0.2) is 23.4 Å². The van der Waals surface area contributed by atoms with Gasteiger partial charge >= 0.3 is 5.97 Å². The van der Waals surface area contributed by atoms with Crippen LogP contribution in [0.3, 0.4) is 0 Å². The molecule has 0 bridgehead atoms. The van der Waals surface area contributed by atoms with Gasteiger partial charge in [0.25, 0.3) is 0 Å². The molecule has 1 aromatic rings. The maximum absolute atomic E-state index is 13.8. The summed E-state index contributed by atoms with van der Waals surface area (Å²) < 4.78 is 13.8. The van der Waals surface area contributed by atoms with Gasteiger partial charge in [-0.15, -0.1) is 11.8 Å². The number of hydrogen-bond donors (Lipinski definition) is 2. The first kappa shape index (κ1) is 16.3. The molecule has 1 unspecified atom stereocenters. The van der Waals surface area contributed by atoms with Crippen LogP contribution in [-0.2, 0) is 4.79 Å². The van der Waals surface area contributed by atoms with E-state index in [1.165, 1.54) is 11.8 Å². The highest BCUT2D eigenvalue weighted by Gasteiger charge is 2.26. The molecular formula is C16H22FNO2S. The van der Waals surface area contributed by atoms with Crippen LogP contribution < -0.4 is 5.32 Å². The van der Waals surface area contributed by atoms with Crippen LogP contribution in [0.2, 0.25) is 0 Å². The Kier molecular flexibility index (Phi) is 5.65. The number of carboxylic acid groups (broad SMARTS) is 1. The Balaban J connectivity index is 1.91. The largest absolute Gasteiger partial charge is 0.481 e. The average molecular weight is 311 g/mol. The maximum atomic E-state index is 13.8. The fraction of sp³-hybridized carbons (Fsp3) is 0.562. The second-order valence-electron chi connectivity index (χ2n) is 5.67. The number of rotatable bonds is 5. The summed E-state index contributed by atoms with van der Waals surface area (Å²) in [4.78, 5) is 11.6. The minimum atomic E-state index is -0.684. The molecule has 1 saturated carbocycles. The normalized spacial score (nSPS) is 23.8. The molecule has 21 heavy (non-hydrogen) atoms. The number of aliphatic carboxylic acids is 1. The Morgan fingerprint density at radius 2 is 2.05 bits per heavy atom. The Labute approximate surface area is 129 Å². The van der Waals surface area contributed by atoms with E-state index in [0.29, 0.717) is 10.9 Å². The van der Waals surface area contributed by atoms with Gasteiger partial charge in [0.05, 0.1) is 5.92 Å². The smallest absolute Gasteiger partial charge is 0.306 e. The Hall–Kier alpha value is -1.07. The number of nitrogens with one attached hydrogen (secondary N) is 1. The van der Waals surface area contributed by atoms with E-state index >= 15 is 0 Å². The highest BCUT2D eigenvalue weighted by atomic mass is 32.2. The molecule has 0 amide bonds. The first-order valence-electron chi connectivity index (χ1n) is 7.33. The molecule has 0 spiro atoms. The second-order valence-corrected chi connectivity index (χ2v) is 6.52. The molecule has 0 aromatic heterocycles. The van der Waals surface area contributed by atoms with Gasteiger partial charge in [-0.05, 0) is 56.6 Å². The predicted molar refractivity (Wildman–Crippen MR) is 83.1 cm³/mol. The van der Waals surface area contributed by atoms with Crippen LogP contribution >= 0.6 is 11.8 Å². The lowest BCUT2D eigenvalue weighted by atomic mass is 9.85. The van der Waals surface area contributed by atoms with Crippen LogP contribution in [0, 0.1) is 11.7 Å². The monoisotopic (exact) mass is 311 g/mol. The molecule has 2 N–H and O–H groups in total. The summed E-state index contributed by atoms with van der Waals surface area (Å²) in [7, 11) is 0. The molecule has 1 fully saturated rings. The summed E-state index contributed by atoms with van der Waals surface area (Å²) in [6.45, 7) is 2.02. The summed E-state index contributed by atoms with van der Waals surface area (Å²) in [5, 5.41) is 12.5. The van der Waals surface area contributed by atoms with Crippen LogP contribution in [0.15, 0.2) is 23.1 Å². The summed E-state index contributed by atoms with van der Waals surface area (Å²) in [5.41, 5.74) is 0.936. The molecule has 0 heterocycles. The van der Waals surface area contributed by atoms with Gasteiger partial charge in [0.2, 0.25) is 0 Å². The van der Waals surface area contributed by atoms with Crippen molar-refractivity contribution in [2.24, 2.45) is 5.92 Å². The maximum Gasteiger partial charge on any atom is 0.306 e. The molecule has 116 valence electrons. The minimum absolute atomic E-state index is 0.0711. The Bertz CT molecular complexity index is 501. The van der Waals surface area contributed by atoms with E-state index in [1.54, 1.807) is 6.07 Å². The van der Waals surface area contributed by atoms with Crippen molar-refractivity contribution in [3.8, 4) is 0 Å². The van der Waals surface area contributed by atoms with Crippen molar-refractivity contribution in [1.29, 1.82) is 0 Å². The molecule has 0 radical (unpaired) electrons. The molecule has 0 aliphatic heterocycles. The third-order valence-corrected chi connectivity index (χ3v) is 5.01. The first-order chi connectivity index (χ1) is 10.0. The topological polar surface area (TPSA) is 49.3 Å². The van der Waals surface area contributed by atoms with E-state index in [1.807, 2.05) is 25.3 Å². The Morgan fingerprint density at radius 3 is 2.57 bits per heavy atom. The molecule has 3 nitrogen and oxygen atoms in total. The van der Waals surface area contributed by atoms with E-state index < -0.39 is 5.97 Å². The number of carboxylic acids is 1. The number of thioether (sulfide) groups is 1. The molecule has 1 aliphatic rings. The van der Waals surface area contributed by atoms with Crippen molar-refractivity contribution >= 4 is 17.7 Å². The van der Waals surface area contributed by atoms with Crippen LogP contribution in [0.4, 0.5) is 4.39 Å². The molecule has 0 saturated heterocycles. The lowest BCUT2D eigenvalue weighted by molar-refractivity contribution is -0.142. The fourth-order valence-electron chi connectivity index (χ4n) is 2.91. The van der Waals surface area contributed by atoms with E-state index in [-0.39, 0.29) is 17.8 Å². The van der Waals surface area contributed by atoms with E-state index in [9.17, 15) is 9.18 Å². The van der Waals surface area contributed by atoms with Gasteiger partial charge in [-0.2, -0.15) is 0 Å². The van der Waals surface area contributed by atoms with Crippen LogP contribution in [0.5, 0.6) is 0 Å². The van der Waals surface area contributed by atoms with E-state index in [4.69, 9.17) is 5.11 Å². The SMILES string of the molecule is CSc1ccc(C(C)NC2CCC(C(=O)O)CC2)cc1F. The summed E-state index contributed by atoms with van der Waals surface area (Å²) in [5.74, 6) is -1.06. The molecule has 1 aromatic carbocycles. The molecule has 2 rings (SSSR count). The molecular weight excluding hydrogens is 289 g/mol. The summed E-state index contributed by atoms with van der Waals surface area (Å²) in [6.07, 6.45) is 5.04. The third kappa shape index (κ3) is 4.20. The minimum Gasteiger partial charge on any atom is -0.481 e. The second kappa shape index (κ2) is 7.27. The highest BCUT2D eigenvalue weighted by molar-refractivity contribution is 7.98. The predicted octanol–water partition coefficient (Wildman–Crippen LogP) is 3.84. The van der Waals surface area contributed by atoms with E-state index in [0.717, 1.165) is 31.2 Å². The zero-order valence-electron chi connectivity index (χ0n) is 12.4.